The predicted molar refractivity (Wildman–Crippen MR) is 68.2 cm³/mol. The molecule has 1 aromatic heterocycles. The lowest BCUT2D eigenvalue weighted by Crippen LogP contribution is -2.32. The summed E-state index contributed by atoms with van der Waals surface area (Å²) in [5.74, 6) is -1.91. The molecule has 3 rings (SSSR count). The highest BCUT2D eigenvalue weighted by molar-refractivity contribution is 6.21. The van der Waals surface area contributed by atoms with Crippen LogP contribution in [0.2, 0.25) is 0 Å². The molecular weight excluding hydrogens is 276 g/mol. The Hall–Kier alpha value is -2.96. The molecule has 0 atom stereocenters. The molecule has 0 bridgehead atoms. The van der Waals surface area contributed by atoms with Gasteiger partial charge in [0.15, 0.2) is 11.6 Å². The highest BCUT2D eigenvalue weighted by atomic mass is 16.7. The quantitative estimate of drug-likeness (QED) is 0.796. The fourth-order valence-electron chi connectivity index (χ4n) is 1.95. The Morgan fingerprint density at radius 3 is 2.38 bits per heavy atom. The number of aryl methyl sites for hydroxylation is 1. The van der Waals surface area contributed by atoms with Crippen LogP contribution in [-0.4, -0.2) is 27.8 Å². The Balaban J connectivity index is 1.82. The van der Waals surface area contributed by atoms with E-state index >= 15 is 0 Å². The van der Waals surface area contributed by atoms with Crippen LogP contribution in [0.3, 0.4) is 0 Å². The summed E-state index contributed by atoms with van der Waals surface area (Å²) in [6.45, 7) is 1.81. The van der Waals surface area contributed by atoms with Crippen molar-refractivity contribution in [3.8, 4) is 0 Å². The molecular formula is C14H10N2O5. The zero-order chi connectivity index (χ0) is 15.0. The molecule has 1 aliphatic heterocycles. The van der Waals surface area contributed by atoms with Crippen LogP contribution in [0.1, 0.15) is 44.0 Å². The molecule has 0 saturated carbocycles. The van der Waals surface area contributed by atoms with Crippen LogP contribution in [0.25, 0.3) is 0 Å². The Labute approximate surface area is 119 Å². The van der Waals surface area contributed by atoms with Gasteiger partial charge in [-0.2, -0.15) is 0 Å². The molecule has 1 aromatic carbocycles. The van der Waals surface area contributed by atoms with E-state index in [1.54, 1.807) is 12.1 Å². The van der Waals surface area contributed by atoms with Crippen LogP contribution in [0.4, 0.5) is 0 Å². The number of hydroxylamine groups is 2. The first-order chi connectivity index (χ1) is 10.1. The van der Waals surface area contributed by atoms with Crippen LogP contribution in [-0.2, 0) is 11.3 Å². The number of hydrogen-bond donors (Lipinski definition) is 0. The molecule has 0 saturated heterocycles. The van der Waals surface area contributed by atoms with Crippen molar-refractivity contribution in [2.75, 3.05) is 0 Å². The summed E-state index contributed by atoms with van der Waals surface area (Å²) in [5.41, 5.74) is 0.304. The number of nitrogens with zero attached hydrogens (tertiary/aromatic N) is 2. The first-order valence-corrected chi connectivity index (χ1v) is 6.26. The number of fused-ring (bicyclic) bond motifs is 1. The third-order valence-corrected chi connectivity index (χ3v) is 2.99. The first-order valence-electron chi connectivity index (χ1n) is 6.26. The number of aromatic nitrogens is 1. The minimum atomic E-state index is -0.923. The van der Waals surface area contributed by atoms with E-state index in [1.165, 1.54) is 12.1 Å². The summed E-state index contributed by atoms with van der Waals surface area (Å²) in [6.07, 6.45) is 1.64. The summed E-state index contributed by atoms with van der Waals surface area (Å²) in [6, 6.07) is 6.24. The van der Waals surface area contributed by atoms with Crippen molar-refractivity contribution in [1.29, 1.82) is 0 Å². The Bertz CT molecular complexity index is 714. The van der Waals surface area contributed by atoms with Gasteiger partial charge in [0.1, 0.15) is 6.26 Å². The van der Waals surface area contributed by atoms with Gasteiger partial charge in [0.05, 0.1) is 11.1 Å². The molecule has 0 fully saturated rings. The maximum absolute atomic E-state index is 12.0. The van der Waals surface area contributed by atoms with Gasteiger partial charge in [0.2, 0.25) is 0 Å². The van der Waals surface area contributed by atoms with Crippen LogP contribution in [0, 0.1) is 0 Å². The third-order valence-electron chi connectivity index (χ3n) is 2.99. The van der Waals surface area contributed by atoms with Gasteiger partial charge in [0.25, 0.3) is 11.8 Å². The van der Waals surface area contributed by atoms with Crippen molar-refractivity contribution < 1.29 is 23.6 Å². The molecule has 2 aromatic rings. The molecule has 2 amide bonds. The van der Waals surface area contributed by atoms with Crippen LogP contribution < -0.4 is 0 Å². The molecule has 0 aliphatic carbocycles. The predicted octanol–water partition coefficient (Wildman–Crippen LogP) is 1.60. The largest absolute Gasteiger partial charge is 0.448 e. The highest BCUT2D eigenvalue weighted by Gasteiger charge is 2.39. The fourth-order valence-corrected chi connectivity index (χ4v) is 1.95. The van der Waals surface area contributed by atoms with E-state index in [4.69, 9.17) is 9.25 Å². The molecule has 106 valence electrons. The monoisotopic (exact) mass is 286 g/mol. The van der Waals surface area contributed by atoms with E-state index in [-0.39, 0.29) is 16.8 Å². The van der Waals surface area contributed by atoms with Crippen LogP contribution >= 0.6 is 0 Å². The van der Waals surface area contributed by atoms with Crippen molar-refractivity contribution in [2.24, 2.45) is 0 Å². The molecule has 0 radical (unpaired) electrons. The average molecular weight is 286 g/mol. The normalized spacial score (nSPS) is 13.5. The summed E-state index contributed by atoms with van der Waals surface area (Å²) < 4.78 is 5.01. The van der Waals surface area contributed by atoms with Gasteiger partial charge in [-0.15, -0.1) is 0 Å². The molecule has 0 spiro atoms. The van der Waals surface area contributed by atoms with Crippen molar-refractivity contribution in [3.05, 3.63) is 53.2 Å². The zero-order valence-electron chi connectivity index (χ0n) is 11.0. The number of benzene rings is 1. The Kier molecular flexibility index (Phi) is 3.02. The topological polar surface area (TPSA) is 89.7 Å². The van der Waals surface area contributed by atoms with Gasteiger partial charge in [-0.25, -0.2) is 9.78 Å². The van der Waals surface area contributed by atoms with Crippen molar-refractivity contribution in [1.82, 2.24) is 10.0 Å². The first kappa shape index (κ1) is 13.0. The molecule has 21 heavy (non-hydrogen) atoms. The van der Waals surface area contributed by atoms with E-state index in [0.717, 1.165) is 6.26 Å². The van der Waals surface area contributed by atoms with Gasteiger partial charge in [0, 0.05) is 6.42 Å². The van der Waals surface area contributed by atoms with Crippen molar-refractivity contribution in [2.45, 2.75) is 13.3 Å². The second-order valence-electron chi connectivity index (χ2n) is 4.31. The molecule has 0 unspecified atom stereocenters. The lowest BCUT2D eigenvalue weighted by atomic mass is 10.1. The lowest BCUT2D eigenvalue weighted by molar-refractivity contribution is -0.0588. The number of carbonyl (C=O) groups excluding carboxylic acids is 3. The van der Waals surface area contributed by atoms with Crippen LogP contribution in [0.5, 0.6) is 0 Å². The standard InChI is InChI=1S/C14H10N2O5/c1-2-11-15-10(7-20-11)14(19)21-16-12(17)8-5-3-4-6-9(8)13(16)18/h3-7H,2H2,1H3. The lowest BCUT2D eigenvalue weighted by Gasteiger charge is -2.11. The smallest absolute Gasteiger partial charge is 0.385 e. The number of hydrogen-bond acceptors (Lipinski definition) is 6. The SMILES string of the molecule is CCc1nc(C(=O)ON2C(=O)c3ccccc3C2=O)co1. The van der Waals surface area contributed by atoms with Crippen molar-refractivity contribution in [3.63, 3.8) is 0 Å². The van der Waals surface area contributed by atoms with E-state index in [0.29, 0.717) is 17.4 Å². The van der Waals surface area contributed by atoms with Gasteiger partial charge < -0.3 is 9.25 Å². The van der Waals surface area contributed by atoms with Gasteiger partial charge in [-0.1, -0.05) is 24.1 Å². The highest BCUT2D eigenvalue weighted by Crippen LogP contribution is 2.23. The molecule has 1 aliphatic rings. The second kappa shape index (κ2) is 4.86. The Morgan fingerprint density at radius 2 is 1.86 bits per heavy atom. The van der Waals surface area contributed by atoms with Crippen molar-refractivity contribution >= 4 is 17.8 Å². The summed E-state index contributed by atoms with van der Waals surface area (Å²) in [5, 5.41) is 0.438. The summed E-state index contributed by atoms with van der Waals surface area (Å²) in [4.78, 5) is 44.6. The van der Waals surface area contributed by atoms with E-state index in [1.807, 2.05) is 6.92 Å². The molecule has 7 nitrogen and oxygen atoms in total. The number of imide groups is 1. The van der Waals surface area contributed by atoms with E-state index in [2.05, 4.69) is 4.98 Å². The number of oxazole rings is 1. The number of amides is 2. The Morgan fingerprint density at radius 1 is 1.24 bits per heavy atom. The van der Waals surface area contributed by atoms with Gasteiger partial charge in [-0.05, 0) is 12.1 Å². The number of rotatable bonds is 3. The molecule has 2 heterocycles. The van der Waals surface area contributed by atoms with E-state index in [9.17, 15) is 14.4 Å². The van der Waals surface area contributed by atoms with E-state index < -0.39 is 17.8 Å². The zero-order valence-corrected chi connectivity index (χ0v) is 11.0. The number of carbonyl (C=O) groups is 3. The summed E-state index contributed by atoms with van der Waals surface area (Å²) in [7, 11) is 0. The average Bonchev–Trinajstić information content (AvgIpc) is 3.07. The third kappa shape index (κ3) is 2.08. The van der Waals surface area contributed by atoms with Gasteiger partial charge >= 0.3 is 5.97 Å². The van der Waals surface area contributed by atoms with Gasteiger partial charge in [-0.3, -0.25) is 9.59 Å². The fraction of sp³-hybridized carbons (Fsp3) is 0.143. The minimum Gasteiger partial charge on any atom is -0.448 e. The molecule has 0 N–H and O–H groups in total. The maximum atomic E-state index is 12.0. The van der Waals surface area contributed by atoms with Crippen LogP contribution in [0.15, 0.2) is 34.9 Å². The second-order valence-corrected chi connectivity index (χ2v) is 4.31. The molecule has 7 heteroatoms. The summed E-state index contributed by atoms with van der Waals surface area (Å²) >= 11 is 0. The minimum absolute atomic E-state index is 0.0941. The maximum Gasteiger partial charge on any atom is 0.385 e.